The van der Waals surface area contributed by atoms with E-state index in [1.165, 1.54) is 6.07 Å². The number of aliphatic carboxylic acids is 1. The van der Waals surface area contributed by atoms with Crippen molar-refractivity contribution >= 4 is 17.6 Å². The van der Waals surface area contributed by atoms with Gasteiger partial charge in [-0.15, -0.1) is 0 Å². The van der Waals surface area contributed by atoms with Crippen LogP contribution in [0.3, 0.4) is 0 Å². The summed E-state index contributed by atoms with van der Waals surface area (Å²) in [4.78, 5) is 11.4. The predicted molar refractivity (Wildman–Crippen MR) is 62.4 cm³/mol. The molecule has 1 fully saturated rings. The number of rotatable bonds is 2. The molecule has 1 aromatic rings. The summed E-state index contributed by atoms with van der Waals surface area (Å²) >= 11 is 5.99. The van der Waals surface area contributed by atoms with Crippen LogP contribution in [0, 0.1) is 0 Å². The molecule has 1 saturated carbocycles. The number of hydrogen-bond acceptors (Lipinski definition) is 4. The van der Waals surface area contributed by atoms with Crippen molar-refractivity contribution in [3.63, 3.8) is 0 Å². The van der Waals surface area contributed by atoms with Crippen molar-refractivity contribution in [1.29, 1.82) is 0 Å². The Morgan fingerprint density at radius 3 is 2.67 bits per heavy atom. The highest BCUT2D eigenvalue weighted by Gasteiger charge is 2.49. The zero-order valence-corrected chi connectivity index (χ0v) is 10.2. The normalized spacial score (nSPS) is 19.4. The fourth-order valence-corrected chi connectivity index (χ4v) is 2.74. The minimum Gasteiger partial charge on any atom is -0.506 e. The summed E-state index contributed by atoms with van der Waals surface area (Å²) in [6.07, 6.45) is 1.80. The standard InChI is InChI=1S/C12H11ClO5/c13-8-9(14)6(4-7-10(8)18-5-17-7)12(11(15)16)2-1-3-12/h4,14H,1-3,5H2,(H,15,16). The van der Waals surface area contributed by atoms with Gasteiger partial charge in [-0.05, 0) is 18.9 Å². The fraction of sp³-hybridized carbons (Fsp3) is 0.417. The van der Waals surface area contributed by atoms with Gasteiger partial charge < -0.3 is 19.7 Å². The number of benzene rings is 1. The van der Waals surface area contributed by atoms with Crippen molar-refractivity contribution < 1.29 is 24.5 Å². The summed E-state index contributed by atoms with van der Waals surface area (Å²) in [6.45, 7) is 0.0258. The van der Waals surface area contributed by atoms with Crippen LogP contribution in [0.2, 0.25) is 5.02 Å². The number of hydrogen-bond donors (Lipinski definition) is 2. The van der Waals surface area contributed by atoms with Gasteiger partial charge in [0.15, 0.2) is 11.5 Å². The first-order valence-electron chi connectivity index (χ1n) is 5.61. The second-order valence-corrected chi connectivity index (χ2v) is 4.94. The van der Waals surface area contributed by atoms with E-state index < -0.39 is 11.4 Å². The SMILES string of the molecule is O=C(O)C1(c2cc3c(c(Cl)c2O)OCO3)CCC1. The molecule has 2 aliphatic rings. The van der Waals surface area contributed by atoms with E-state index in [2.05, 4.69) is 0 Å². The molecule has 18 heavy (non-hydrogen) atoms. The van der Waals surface area contributed by atoms with Crippen molar-refractivity contribution in [3.05, 3.63) is 16.7 Å². The van der Waals surface area contributed by atoms with E-state index in [1.54, 1.807) is 0 Å². The van der Waals surface area contributed by atoms with Gasteiger partial charge in [0, 0.05) is 5.56 Å². The third-order valence-corrected chi connectivity index (χ3v) is 4.06. The van der Waals surface area contributed by atoms with Crippen LogP contribution in [0.15, 0.2) is 6.07 Å². The number of carboxylic acid groups (broad SMARTS) is 1. The molecule has 96 valence electrons. The quantitative estimate of drug-likeness (QED) is 0.862. The molecule has 0 aromatic heterocycles. The second kappa shape index (κ2) is 3.68. The summed E-state index contributed by atoms with van der Waals surface area (Å²) in [7, 11) is 0. The Morgan fingerprint density at radius 1 is 1.39 bits per heavy atom. The number of aromatic hydroxyl groups is 1. The first-order valence-corrected chi connectivity index (χ1v) is 5.99. The van der Waals surface area contributed by atoms with Crippen LogP contribution in [0.5, 0.6) is 17.2 Å². The monoisotopic (exact) mass is 270 g/mol. The molecule has 2 N–H and O–H groups in total. The average Bonchev–Trinajstić information content (AvgIpc) is 2.71. The third-order valence-electron chi connectivity index (χ3n) is 3.71. The zero-order chi connectivity index (χ0) is 12.9. The molecule has 0 spiro atoms. The lowest BCUT2D eigenvalue weighted by Crippen LogP contribution is -2.42. The summed E-state index contributed by atoms with van der Waals surface area (Å²) in [5.41, 5.74) is -0.732. The maximum absolute atomic E-state index is 11.4. The number of halogens is 1. The van der Waals surface area contributed by atoms with Crippen LogP contribution in [-0.2, 0) is 10.2 Å². The molecule has 0 radical (unpaired) electrons. The Hall–Kier alpha value is -1.62. The Morgan fingerprint density at radius 2 is 2.11 bits per heavy atom. The van der Waals surface area contributed by atoms with Gasteiger partial charge in [0.05, 0.1) is 5.41 Å². The van der Waals surface area contributed by atoms with Crippen LogP contribution in [0.25, 0.3) is 0 Å². The van der Waals surface area contributed by atoms with E-state index in [-0.39, 0.29) is 23.3 Å². The molecule has 3 rings (SSSR count). The van der Waals surface area contributed by atoms with E-state index in [1.807, 2.05) is 0 Å². The molecule has 0 amide bonds. The lowest BCUT2D eigenvalue weighted by Gasteiger charge is -2.38. The minimum atomic E-state index is -1.05. The summed E-state index contributed by atoms with van der Waals surface area (Å²) in [5, 5.41) is 19.5. The van der Waals surface area contributed by atoms with Gasteiger partial charge in [-0.1, -0.05) is 18.0 Å². The van der Waals surface area contributed by atoms with Gasteiger partial charge >= 0.3 is 5.97 Å². The van der Waals surface area contributed by atoms with Gasteiger partial charge in [-0.3, -0.25) is 4.79 Å². The molecule has 0 unspecified atom stereocenters. The molecular formula is C12H11ClO5. The minimum absolute atomic E-state index is 0.0209. The Balaban J connectivity index is 2.19. The maximum Gasteiger partial charge on any atom is 0.314 e. The van der Waals surface area contributed by atoms with E-state index in [9.17, 15) is 15.0 Å². The average molecular weight is 271 g/mol. The van der Waals surface area contributed by atoms with Crippen molar-refractivity contribution in [3.8, 4) is 17.2 Å². The van der Waals surface area contributed by atoms with Gasteiger partial charge in [-0.2, -0.15) is 0 Å². The van der Waals surface area contributed by atoms with Crippen molar-refractivity contribution in [2.24, 2.45) is 0 Å². The van der Waals surface area contributed by atoms with Gasteiger partial charge in [-0.25, -0.2) is 0 Å². The Labute approximate surface area is 108 Å². The van der Waals surface area contributed by atoms with E-state index in [0.717, 1.165) is 6.42 Å². The number of fused-ring (bicyclic) bond motifs is 1. The molecular weight excluding hydrogens is 260 g/mol. The molecule has 0 saturated heterocycles. The van der Waals surface area contributed by atoms with Crippen LogP contribution in [0.1, 0.15) is 24.8 Å². The Kier molecular flexibility index (Phi) is 2.35. The molecule has 1 heterocycles. The van der Waals surface area contributed by atoms with Gasteiger partial charge in [0.2, 0.25) is 6.79 Å². The first-order chi connectivity index (χ1) is 8.56. The van der Waals surface area contributed by atoms with Crippen molar-refractivity contribution in [2.45, 2.75) is 24.7 Å². The summed E-state index contributed by atoms with van der Waals surface area (Å²) < 4.78 is 10.3. The zero-order valence-electron chi connectivity index (χ0n) is 9.40. The van der Waals surface area contributed by atoms with Gasteiger partial charge in [0.1, 0.15) is 10.8 Å². The summed E-state index contributed by atoms with van der Waals surface area (Å²) in [5.74, 6) is -0.500. The van der Waals surface area contributed by atoms with Gasteiger partial charge in [0.25, 0.3) is 0 Å². The van der Waals surface area contributed by atoms with E-state index in [0.29, 0.717) is 24.2 Å². The van der Waals surface area contributed by atoms with Crippen LogP contribution >= 0.6 is 11.6 Å². The molecule has 1 aliphatic carbocycles. The number of ether oxygens (including phenoxy) is 2. The highest BCUT2D eigenvalue weighted by Crippen LogP contribution is 2.54. The third kappa shape index (κ3) is 1.31. The lowest BCUT2D eigenvalue weighted by molar-refractivity contribution is -0.147. The first kappa shape index (κ1) is 11.5. The van der Waals surface area contributed by atoms with Crippen LogP contribution < -0.4 is 9.47 Å². The number of phenols is 1. The van der Waals surface area contributed by atoms with E-state index in [4.69, 9.17) is 21.1 Å². The van der Waals surface area contributed by atoms with Crippen molar-refractivity contribution in [2.75, 3.05) is 6.79 Å². The molecule has 1 aliphatic heterocycles. The Bertz CT molecular complexity index is 536. The van der Waals surface area contributed by atoms with Crippen LogP contribution in [0.4, 0.5) is 0 Å². The summed E-state index contributed by atoms with van der Waals surface area (Å²) in [6, 6.07) is 1.52. The second-order valence-electron chi connectivity index (χ2n) is 4.56. The van der Waals surface area contributed by atoms with Crippen LogP contribution in [-0.4, -0.2) is 23.0 Å². The molecule has 0 atom stereocenters. The molecule has 0 bridgehead atoms. The molecule has 6 heteroatoms. The fourth-order valence-electron chi connectivity index (χ4n) is 2.49. The number of carbonyl (C=O) groups is 1. The number of carboxylic acids is 1. The van der Waals surface area contributed by atoms with E-state index >= 15 is 0 Å². The maximum atomic E-state index is 11.4. The topological polar surface area (TPSA) is 76.0 Å². The smallest absolute Gasteiger partial charge is 0.314 e. The molecule has 5 nitrogen and oxygen atoms in total. The largest absolute Gasteiger partial charge is 0.506 e. The highest BCUT2D eigenvalue weighted by molar-refractivity contribution is 6.34. The number of phenolic OH excluding ortho intramolecular Hbond substituents is 1. The predicted octanol–water partition coefficient (Wildman–Crippen LogP) is 2.28. The molecule has 1 aromatic carbocycles. The van der Waals surface area contributed by atoms with Crippen molar-refractivity contribution in [1.82, 2.24) is 0 Å². The lowest BCUT2D eigenvalue weighted by atomic mass is 9.64. The highest BCUT2D eigenvalue weighted by atomic mass is 35.5.